The molecule has 0 spiro atoms. The molecule has 1 N–H and O–H groups in total. The summed E-state index contributed by atoms with van der Waals surface area (Å²) in [5, 5.41) is 0.868. The van der Waals surface area contributed by atoms with Crippen molar-refractivity contribution >= 4 is 21.7 Å². The highest BCUT2D eigenvalue weighted by Crippen LogP contribution is 2.16. The van der Waals surface area contributed by atoms with Crippen molar-refractivity contribution in [1.82, 2.24) is 9.97 Å². The summed E-state index contributed by atoms with van der Waals surface area (Å²) < 4.78 is 5.67. The smallest absolute Gasteiger partial charge is 0.290 e. The molecule has 2 rings (SSSR count). The highest BCUT2D eigenvalue weighted by molar-refractivity contribution is 9.09. The Labute approximate surface area is 108 Å². The number of halogens is 1. The first-order valence-electron chi connectivity index (χ1n) is 5.77. The number of nitrogens with one attached hydrogen (secondary N) is 1. The van der Waals surface area contributed by atoms with E-state index in [2.05, 4.69) is 25.9 Å². The molecule has 1 aromatic heterocycles. The number of alkyl halides is 1. The van der Waals surface area contributed by atoms with Crippen molar-refractivity contribution in [3.8, 4) is 0 Å². The normalized spacial score (nSPS) is 17.4. The summed E-state index contributed by atoms with van der Waals surface area (Å²) in [6, 6.07) is 0. The lowest BCUT2D eigenvalue weighted by atomic mass is 10.1. The van der Waals surface area contributed by atoms with E-state index in [-0.39, 0.29) is 5.56 Å². The van der Waals surface area contributed by atoms with Crippen LogP contribution in [0.1, 0.15) is 12.8 Å². The molecule has 0 amide bonds. The van der Waals surface area contributed by atoms with Crippen molar-refractivity contribution < 1.29 is 4.74 Å². The zero-order valence-electron chi connectivity index (χ0n) is 9.56. The fourth-order valence-electron chi connectivity index (χ4n) is 2.01. The average Bonchev–Trinajstić information content (AvgIpc) is 2.38. The standard InChI is InChI=1S/C11H16BrN3O2/c12-3-8-17-9-1-6-15(7-2-9)10-11(16)14-5-4-13-10/h4-5,9H,1-3,6-8H2,(H,14,16). The fraction of sp³-hybridized carbons (Fsp3) is 0.636. The van der Waals surface area contributed by atoms with Gasteiger partial charge in [0.2, 0.25) is 0 Å². The Hall–Kier alpha value is -0.880. The maximum atomic E-state index is 11.6. The van der Waals surface area contributed by atoms with Crippen molar-refractivity contribution in [3.63, 3.8) is 0 Å². The highest BCUT2D eigenvalue weighted by Gasteiger charge is 2.21. The van der Waals surface area contributed by atoms with Crippen molar-refractivity contribution in [3.05, 3.63) is 22.7 Å². The van der Waals surface area contributed by atoms with Crippen LogP contribution in [0.3, 0.4) is 0 Å². The van der Waals surface area contributed by atoms with Gasteiger partial charge in [0.15, 0.2) is 5.82 Å². The van der Waals surface area contributed by atoms with Crippen molar-refractivity contribution in [1.29, 1.82) is 0 Å². The summed E-state index contributed by atoms with van der Waals surface area (Å²) in [6.45, 7) is 2.40. The molecule has 0 saturated carbocycles. The molecular formula is C11H16BrN3O2. The minimum Gasteiger partial charge on any atom is -0.377 e. The van der Waals surface area contributed by atoms with Crippen LogP contribution in [0, 0.1) is 0 Å². The van der Waals surface area contributed by atoms with Gasteiger partial charge in [0, 0.05) is 30.8 Å². The van der Waals surface area contributed by atoms with Crippen molar-refractivity contribution in [2.75, 3.05) is 29.9 Å². The van der Waals surface area contributed by atoms with Gasteiger partial charge in [-0.05, 0) is 12.8 Å². The van der Waals surface area contributed by atoms with Crippen LogP contribution < -0.4 is 10.5 Å². The first kappa shape index (κ1) is 12.6. The second kappa shape index (κ2) is 6.16. The number of rotatable bonds is 4. The van der Waals surface area contributed by atoms with Gasteiger partial charge in [0.1, 0.15) is 0 Å². The molecule has 0 aromatic carbocycles. The Morgan fingerprint density at radius 3 is 2.94 bits per heavy atom. The van der Waals surface area contributed by atoms with Gasteiger partial charge < -0.3 is 14.6 Å². The summed E-state index contributed by atoms with van der Waals surface area (Å²) in [4.78, 5) is 20.4. The van der Waals surface area contributed by atoms with E-state index < -0.39 is 0 Å². The van der Waals surface area contributed by atoms with Gasteiger partial charge in [-0.3, -0.25) is 4.79 Å². The van der Waals surface area contributed by atoms with Crippen LogP contribution in [0.15, 0.2) is 17.2 Å². The first-order valence-corrected chi connectivity index (χ1v) is 6.89. The van der Waals surface area contributed by atoms with Crippen molar-refractivity contribution in [2.45, 2.75) is 18.9 Å². The number of H-pyrrole nitrogens is 1. The van der Waals surface area contributed by atoms with Gasteiger partial charge in [0.25, 0.3) is 5.56 Å². The second-order valence-corrected chi connectivity index (χ2v) is 4.78. The number of aromatic nitrogens is 2. The Balaban J connectivity index is 1.91. The van der Waals surface area contributed by atoms with Gasteiger partial charge in [0.05, 0.1) is 12.7 Å². The molecule has 1 aliphatic heterocycles. The van der Waals surface area contributed by atoms with Gasteiger partial charge >= 0.3 is 0 Å². The number of piperidine rings is 1. The van der Waals surface area contributed by atoms with Crippen LogP contribution in [0.5, 0.6) is 0 Å². The van der Waals surface area contributed by atoms with E-state index in [9.17, 15) is 4.79 Å². The third-order valence-corrected chi connectivity index (χ3v) is 3.18. The van der Waals surface area contributed by atoms with Gasteiger partial charge in [-0.25, -0.2) is 4.98 Å². The maximum absolute atomic E-state index is 11.6. The molecule has 0 aliphatic carbocycles. The monoisotopic (exact) mass is 301 g/mol. The molecule has 5 nitrogen and oxygen atoms in total. The predicted molar refractivity (Wildman–Crippen MR) is 69.8 cm³/mol. The van der Waals surface area contributed by atoms with E-state index in [1.165, 1.54) is 0 Å². The van der Waals surface area contributed by atoms with Crippen molar-refractivity contribution in [2.24, 2.45) is 0 Å². The Bertz CT molecular complexity index is 402. The lowest BCUT2D eigenvalue weighted by molar-refractivity contribution is 0.0479. The lowest BCUT2D eigenvalue weighted by Crippen LogP contribution is -2.40. The zero-order chi connectivity index (χ0) is 12.1. The summed E-state index contributed by atoms with van der Waals surface area (Å²) >= 11 is 3.34. The Morgan fingerprint density at radius 2 is 2.29 bits per heavy atom. The average molecular weight is 302 g/mol. The molecule has 0 atom stereocenters. The number of anilines is 1. The molecule has 94 valence electrons. The third-order valence-electron chi connectivity index (χ3n) is 2.86. The van der Waals surface area contributed by atoms with Gasteiger partial charge in [-0.2, -0.15) is 0 Å². The zero-order valence-corrected chi connectivity index (χ0v) is 11.1. The number of hydrogen-bond donors (Lipinski definition) is 1. The maximum Gasteiger partial charge on any atom is 0.290 e. The molecule has 0 unspecified atom stereocenters. The van der Waals surface area contributed by atoms with Gasteiger partial charge in [-0.1, -0.05) is 15.9 Å². The minimum atomic E-state index is -0.118. The highest BCUT2D eigenvalue weighted by atomic mass is 79.9. The molecule has 17 heavy (non-hydrogen) atoms. The minimum absolute atomic E-state index is 0.118. The van der Waals surface area contributed by atoms with E-state index in [0.717, 1.165) is 37.9 Å². The number of hydrogen-bond acceptors (Lipinski definition) is 4. The molecule has 0 bridgehead atoms. The number of nitrogens with zero attached hydrogens (tertiary/aromatic N) is 2. The largest absolute Gasteiger partial charge is 0.377 e. The summed E-state index contributed by atoms with van der Waals surface area (Å²) in [5.74, 6) is 0.520. The Morgan fingerprint density at radius 1 is 1.53 bits per heavy atom. The molecule has 0 radical (unpaired) electrons. The van der Waals surface area contributed by atoms with E-state index in [0.29, 0.717) is 11.9 Å². The van der Waals surface area contributed by atoms with E-state index in [1.807, 2.05) is 4.90 Å². The summed E-state index contributed by atoms with van der Waals surface area (Å²) in [6.07, 6.45) is 5.38. The van der Waals surface area contributed by atoms with Crippen LogP contribution in [-0.2, 0) is 4.74 Å². The first-order chi connectivity index (χ1) is 8.31. The van der Waals surface area contributed by atoms with Crippen LogP contribution in [0.2, 0.25) is 0 Å². The summed E-state index contributed by atoms with van der Waals surface area (Å²) in [7, 11) is 0. The molecule has 1 aliphatic rings. The number of aromatic amines is 1. The molecule has 1 aromatic rings. The van der Waals surface area contributed by atoms with Crippen LogP contribution in [-0.4, -0.2) is 41.1 Å². The molecule has 1 fully saturated rings. The van der Waals surface area contributed by atoms with E-state index >= 15 is 0 Å². The van der Waals surface area contributed by atoms with Gasteiger partial charge in [-0.15, -0.1) is 0 Å². The topological polar surface area (TPSA) is 58.2 Å². The lowest BCUT2D eigenvalue weighted by Gasteiger charge is -2.31. The quantitative estimate of drug-likeness (QED) is 0.848. The molecular weight excluding hydrogens is 286 g/mol. The number of ether oxygens (including phenoxy) is 1. The van der Waals surface area contributed by atoms with E-state index in [4.69, 9.17) is 4.74 Å². The summed E-state index contributed by atoms with van der Waals surface area (Å²) in [5.41, 5.74) is -0.118. The van der Waals surface area contributed by atoms with Crippen LogP contribution in [0.25, 0.3) is 0 Å². The van der Waals surface area contributed by atoms with E-state index in [1.54, 1.807) is 12.4 Å². The second-order valence-electron chi connectivity index (χ2n) is 3.99. The van der Waals surface area contributed by atoms with Crippen LogP contribution in [0.4, 0.5) is 5.82 Å². The van der Waals surface area contributed by atoms with Crippen LogP contribution >= 0.6 is 15.9 Å². The fourth-order valence-corrected chi connectivity index (χ4v) is 2.20. The molecule has 2 heterocycles. The third kappa shape index (κ3) is 3.29. The SMILES string of the molecule is O=c1[nH]ccnc1N1CCC(OCCBr)CC1. The molecule has 1 saturated heterocycles. The molecule has 6 heteroatoms. The predicted octanol–water partition coefficient (Wildman–Crippen LogP) is 1.15. The Kier molecular flexibility index (Phi) is 4.56.